The Bertz CT molecular complexity index is 492. The number of rotatable bonds is 4. The molecule has 0 spiro atoms. The predicted molar refractivity (Wildman–Crippen MR) is 66.6 cm³/mol. The molecule has 0 amide bonds. The van der Waals surface area contributed by atoms with Gasteiger partial charge in [0.2, 0.25) is 0 Å². The van der Waals surface area contributed by atoms with Crippen molar-refractivity contribution in [2.75, 3.05) is 13.1 Å². The molecule has 1 N–H and O–H groups in total. The molecule has 1 aliphatic heterocycles. The fourth-order valence-electron chi connectivity index (χ4n) is 2.60. The SMILES string of the molecule is CCC1(C(=O)O)CCN(Cc2ccc(F)cc2F)C1. The molecule has 0 bridgehead atoms. The van der Waals surface area contributed by atoms with E-state index >= 15 is 0 Å². The second kappa shape index (κ2) is 5.25. The van der Waals surface area contributed by atoms with Gasteiger partial charge in [0.15, 0.2) is 0 Å². The number of hydrogen-bond donors (Lipinski definition) is 1. The summed E-state index contributed by atoms with van der Waals surface area (Å²) in [6, 6.07) is 3.49. The fraction of sp³-hybridized carbons (Fsp3) is 0.500. The van der Waals surface area contributed by atoms with Gasteiger partial charge in [-0.15, -0.1) is 0 Å². The monoisotopic (exact) mass is 269 g/mol. The van der Waals surface area contributed by atoms with Crippen LogP contribution in [0.5, 0.6) is 0 Å². The van der Waals surface area contributed by atoms with Gasteiger partial charge in [0.05, 0.1) is 5.41 Å². The Morgan fingerprint density at radius 1 is 1.47 bits per heavy atom. The zero-order chi connectivity index (χ0) is 14.0. The molecule has 1 saturated heterocycles. The van der Waals surface area contributed by atoms with Gasteiger partial charge in [0.25, 0.3) is 0 Å². The molecule has 5 heteroatoms. The molecule has 0 radical (unpaired) electrons. The van der Waals surface area contributed by atoms with Gasteiger partial charge in [-0.1, -0.05) is 13.0 Å². The molecule has 1 heterocycles. The minimum atomic E-state index is -0.794. The highest BCUT2D eigenvalue weighted by Gasteiger charge is 2.43. The second-order valence-electron chi connectivity index (χ2n) is 5.14. The van der Waals surface area contributed by atoms with Gasteiger partial charge in [-0.2, -0.15) is 0 Å². The van der Waals surface area contributed by atoms with Gasteiger partial charge in [-0.3, -0.25) is 9.69 Å². The fourth-order valence-corrected chi connectivity index (χ4v) is 2.60. The quantitative estimate of drug-likeness (QED) is 0.913. The summed E-state index contributed by atoms with van der Waals surface area (Å²) in [5, 5.41) is 9.29. The number of carboxylic acids is 1. The van der Waals surface area contributed by atoms with Crippen molar-refractivity contribution in [1.29, 1.82) is 0 Å². The first kappa shape index (κ1) is 13.9. The molecule has 0 aliphatic carbocycles. The lowest BCUT2D eigenvalue weighted by Gasteiger charge is -2.23. The maximum Gasteiger partial charge on any atom is 0.310 e. The lowest BCUT2D eigenvalue weighted by Crippen LogP contribution is -2.34. The van der Waals surface area contributed by atoms with Crippen LogP contribution in [0.25, 0.3) is 0 Å². The van der Waals surface area contributed by atoms with E-state index in [1.54, 1.807) is 0 Å². The standard InChI is InChI=1S/C14H17F2NO2/c1-2-14(13(18)19)5-6-17(9-14)8-10-3-4-11(15)7-12(10)16/h3-4,7H,2,5-6,8-9H2,1H3,(H,18,19). The van der Waals surface area contributed by atoms with Gasteiger partial charge in [0, 0.05) is 24.7 Å². The van der Waals surface area contributed by atoms with E-state index in [0.717, 1.165) is 6.07 Å². The van der Waals surface area contributed by atoms with Crippen molar-refractivity contribution in [1.82, 2.24) is 4.90 Å². The Hall–Kier alpha value is -1.49. The molecule has 1 aromatic rings. The lowest BCUT2D eigenvalue weighted by molar-refractivity contribution is -0.148. The number of carbonyl (C=O) groups is 1. The molecule has 3 nitrogen and oxygen atoms in total. The van der Waals surface area contributed by atoms with E-state index in [-0.39, 0.29) is 0 Å². The van der Waals surface area contributed by atoms with Crippen molar-refractivity contribution in [3.05, 3.63) is 35.4 Å². The van der Waals surface area contributed by atoms with Gasteiger partial charge >= 0.3 is 5.97 Å². The van der Waals surface area contributed by atoms with Crippen LogP contribution in [0.1, 0.15) is 25.3 Å². The van der Waals surface area contributed by atoms with Crippen molar-refractivity contribution in [3.63, 3.8) is 0 Å². The molecule has 19 heavy (non-hydrogen) atoms. The summed E-state index contributed by atoms with van der Waals surface area (Å²) in [6.45, 7) is 3.21. The van der Waals surface area contributed by atoms with Crippen LogP contribution in [0, 0.1) is 17.0 Å². The van der Waals surface area contributed by atoms with Crippen LogP contribution in [0.3, 0.4) is 0 Å². The van der Waals surface area contributed by atoms with Crippen molar-refractivity contribution in [2.45, 2.75) is 26.3 Å². The van der Waals surface area contributed by atoms with Crippen LogP contribution in [0.4, 0.5) is 8.78 Å². The first-order valence-electron chi connectivity index (χ1n) is 6.36. The number of halogens is 2. The summed E-state index contributed by atoms with van der Waals surface area (Å²) < 4.78 is 26.4. The van der Waals surface area contributed by atoms with E-state index in [9.17, 15) is 18.7 Å². The zero-order valence-electron chi connectivity index (χ0n) is 10.8. The molecule has 0 aromatic heterocycles. The number of nitrogens with zero attached hydrogens (tertiary/aromatic N) is 1. The molecule has 1 aromatic carbocycles. The zero-order valence-corrected chi connectivity index (χ0v) is 10.8. The number of likely N-dealkylation sites (tertiary alicyclic amines) is 1. The minimum absolute atomic E-state index is 0.321. The van der Waals surface area contributed by atoms with Crippen LogP contribution in [0.2, 0.25) is 0 Å². The van der Waals surface area contributed by atoms with E-state index in [1.165, 1.54) is 12.1 Å². The summed E-state index contributed by atoms with van der Waals surface area (Å²) in [4.78, 5) is 13.2. The Labute approximate surface area is 110 Å². The number of carboxylic acid groups (broad SMARTS) is 1. The number of hydrogen-bond acceptors (Lipinski definition) is 2. The summed E-state index contributed by atoms with van der Waals surface area (Å²) >= 11 is 0. The van der Waals surface area contributed by atoms with Crippen molar-refractivity contribution < 1.29 is 18.7 Å². The van der Waals surface area contributed by atoms with E-state index in [1.807, 2.05) is 11.8 Å². The maximum atomic E-state index is 13.6. The van der Waals surface area contributed by atoms with Crippen LogP contribution in [0.15, 0.2) is 18.2 Å². The highest BCUT2D eigenvalue weighted by atomic mass is 19.1. The molecule has 1 unspecified atom stereocenters. The van der Waals surface area contributed by atoms with E-state index in [4.69, 9.17) is 0 Å². The molecule has 104 valence electrons. The third kappa shape index (κ3) is 2.76. The average molecular weight is 269 g/mol. The van der Waals surface area contributed by atoms with Gasteiger partial charge in [0.1, 0.15) is 11.6 Å². The molecule has 2 rings (SSSR count). The molecule has 1 fully saturated rings. The smallest absolute Gasteiger partial charge is 0.310 e. The van der Waals surface area contributed by atoms with E-state index < -0.39 is 23.0 Å². The highest BCUT2D eigenvalue weighted by Crippen LogP contribution is 2.35. The highest BCUT2D eigenvalue weighted by molar-refractivity contribution is 5.75. The van der Waals surface area contributed by atoms with Gasteiger partial charge in [-0.05, 0) is 25.5 Å². The lowest BCUT2D eigenvalue weighted by atomic mass is 9.84. The predicted octanol–water partition coefficient (Wildman–Crippen LogP) is 2.65. The first-order chi connectivity index (χ1) is 8.97. The van der Waals surface area contributed by atoms with Crippen molar-refractivity contribution >= 4 is 5.97 Å². The largest absolute Gasteiger partial charge is 0.481 e. The Kier molecular flexibility index (Phi) is 3.85. The van der Waals surface area contributed by atoms with Crippen LogP contribution in [-0.4, -0.2) is 29.1 Å². The normalized spacial score (nSPS) is 23.7. The molecule has 1 aliphatic rings. The van der Waals surface area contributed by atoms with Gasteiger partial charge in [-0.25, -0.2) is 8.78 Å². The van der Waals surface area contributed by atoms with Crippen LogP contribution >= 0.6 is 0 Å². The summed E-state index contributed by atoms with van der Waals surface area (Å²) in [5.41, 5.74) is -0.324. The van der Waals surface area contributed by atoms with Crippen molar-refractivity contribution in [3.8, 4) is 0 Å². The average Bonchev–Trinajstić information content (AvgIpc) is 2.77. The van der Waals surface area contributed by atoms with Crippen molar-refractivity contribution in [2.24, 2.45) is 5.41 Å². The Morgan fingerprint density at radius 3 is 2.74 bits per heavy atom. The third-order valence-corrected chi connectivity index (χ3v) is 3.97. The molecule has 0 saturated carbocycles. The van der Waals surface area contributed by atoms with Gasteiger partial charge < -0.3 is 5.11 Å². The summed E-state index contributed by atoms with van der Waals surface area (Å²) in [7, 11) is 0. The first-order valence-corrected chi connectivity index (χ1v) is 6.36. The van der Waals surface area contributed by atoms with Crippen LogP contribution in [-0.2, 0) is 11.3 Å². The second-order valence-corrected chi connectivity index (χ2v) is 5.14. The minimum Gasteiger partial charge on any atom is -0.481 e. The Morgan fingerprint density at radius 2 is 2.21 bits per heavy atom. The Balaban J connectivity index is 2.08. The molecular weight excluding hydrogens is 252 g/mol. The maximum absolute atomic E-state index is 13.6. The summed E-state index contributed by atoms with van der Waals surface area (Å²) in [5.74, 6) is -1.97. The van der Waals surface area contributed by atoms with Crippen LogP contribution < -0.4 is 0 Å². The topological polar surface area (TPSA) is 40.5 Å². The third-order valence-electron chi connectivity index (χ3n) is 3.97. The van der Waals surface area contributed by atoms with E-state index in [0.29, 0.717) is 38.0 Å². The molecule has 1 atom stereocenters. The van der Waals surface area contributed by atoms with E-state index in [2.05, 4.69) is 0 Å². The number of aliphatic carboxylic acids is 1. The molecular formula is C14H17F2NO2. The summed E-state index contributed by atoms with van der Waals surface area (Å²) in [6.07, 6.45) is 1.13. The number of benzene rings is 1.